The summed E-state index contributed by atoms with van der Waals surface area (Å²) in [4.78, 5) is 25.0. The SMILES string of the molecule is CN1C(=O)N(c2ccccc2Cl)Cc2cnc(N[C@H]3CC[C@H](O)CC3)nc21. The van der Waals surface area contributed by atoms with Crippen molar-refractivity contribution < 1.29 is 9.90 Å². The van der Waals surface area contributed by atoms with E-state index in [2.05, 4.69) is 15.3 Å². The van der Waals surface area contributed by atoms with E-state index >= 15 is 0 Å². The van der Waals surface area contributed by atoms with Crippen molar-refractivity contribution in [1.82, 2.24) is 9.97 Å². The smallest absolute Gasteiger partial charge is 0.330 e. The quantitative estimate of drug-likeness (QED) is 0.843. The topological polar surface area (TPSA) is 81.6 Å². The van der Waals surface area contributed by atoms with Crippen molar-refractivity contribution in [1.29, 1.82) is 0 Å². The molecular weight excluding hydrogens is 366 g/mol. The summed E-state index contributed by atoms with van der Waals surface area (Å²) in [5.74, 6) is 1.12. The van der Waals surface area contributed by atoms with E-state index in [1.807, 2.05) is 18.2 Å². The molecule has 0 spiro atoms. The highest BCUT2D eigenvalue weighted by molar-refractivity contribution is 6.34. The van der Waals surface area contributed by atoms with Gasteiger partial charge in [0.25, 0.3) is 0 Å². The predicted octanol–water partition coefficient (Wildman–Crippen LogP) is 3.42. The lowest BCUT2D eigenvalue weighted by Crippen LogP contribution is -2.46. The Kier molecular flexibility index (Phi) is 4.88. The van der Waals surface area contributed by atoms with Crippen LogP contribution in [0.4, 0.5) is 22.2 Å². The first-order chi connectivity index (χ1) is 13.0. The van der Waals surface area contributed by atoms with Gasteiger partial charge in [-0.1, -0.05) is 23.7 Å². The minimum absolute atomic E-state index is 0.180. The summed E-state index contributed by atoms with van der Waals surface area (Å²) >= 11 is 6.27. The molecule has 4 rings (SSSR count). The minimum Gasteiger partial charge on any atom is -0.393 e. The van der Waals surface area contributed by atoms with Crippen LogP contribution in [0.5, 0.6) is 0 Å². The summed E-state index contributed by atoms with van der Waals surface area (Å²) in [7, 11) is 1.71. The normalized spacial score (nSPS) is 22.6. The number of fused-ring (bicyclic) bond motifs is 1. The molecule has 0 radical (unpaired) electrons. The minimum atomic E-state index is -0.202. The molecule has 2 aromatic rings. The molecule has 1 fully saturated rings. The van der Waals surface area contributed by atoms with Crippen LogP contribution >= 0.6 is 11.6 Å². The Labute approximate surface area is 163 Å². The number of amides is 2. The lowest BCUT2D eigenvalue weighted by molar-refractivity contribution is 0.126. The fraction of sp³-hybridized carbons (Fsp3) is 0.421. The third-order valence-corrected chi connectivity index (χ3v) is 5.50. The molecule has 0 bridgehead atoms. The zero-order valence-electron chi connectivity index (χ0n) is 15.1. The van der Waals surface area contributed by atoms with Gasteiger partial charge in [0.1, 0.15) is 5.82 Å². The van der Waals surface area contributed by atoms with Gasteiger partial charge in [0.15, 0.2) is 0 Å². The first kappa shape index (κ1) is 18.0. The molecule has 2 aliphatic rings. The second-order valence-corrected chi connectivity index (χ2v) is 7.48. The van der Waals surface area contributed by atoms with Crippen LogP contribution in [0.2, 0.25) is 5.02 Å². The van der Waals surface area contributed by atoms with Crippen LogP contribution in [0.15, 0.2) is 30.5 Å². The van der Waals surface area contributed by atoms with E-state index < -0.39 is 0 Å². The van der Waals surface area contributed by atoms with Crippen molar-refractivity contribution >= 4 is 35.1 Å². The lowest BCUT2D eigenvalue weighted by atomic mass is 9.93. The molecule has 142 valence electrons. The molecule has 2 N–H and O–H groups in total. The number of carbonyl (C=O) groups is 1. The number of aliphatic hydroxyl groups excluding tert-OH is 1. The summed E-state index contributed by atoms with van der Waals surface area (Å²) in [5, 5.41) is 13.5. The Hall–Kier alpha value is -2.38. The maximum atomic E-state index is 12.9. The Balaban J connectivity index is 1.56. The van der Waals surface area contributed by atoms with Gasteiger partial charge in [-0.2, -0.15) is 4.98 Å². The summed E-state index contributed by atoms with van der Waals surface area (Å²) in [6.07, 6.45) is 4.90. The van der Waals surface area contributed by atoms with E-state index in [1.54, 1.807) is 24.2 Å². The van der Waals surface area contributed by atoms with Gasteiger partial charge in [-0.15, -0.1) is 0 Å². The van der Waals surface area contributed by atoms with Gasteiger partial charge in [-0.25, -0.2) is 9.78 Å². The zero-order valence-corrected chi connectivity index (χ0v) is 15.9. The standard InChI is InChI=1S/C19H22ClN5O2/c1-24-17-12(11-25(19(24)27)16-5-3-2-4-15(16)20)10-21-18(23-17)22-13-6-8-14(26)9-7-13/h2-5,10,13-14,26H,6-9,11H2,1H3,(H,21,22,23)/t13-,14-. The number of benzene rings is 1. The Morgan fingerprint density at radius 3 is 2.70 bits per heavy atom. The highest BCUT2D eigenvalue weighted by Crippen LogP contribution is 2.33. The van der Waals surface area contributed by atoms with Crippen LogP contribution < -0.4 is 15.1 Å². The molecule has 8 heteroatoms. The first-order valence-electron chi connectivity index (χ1n) is 9.13. The molecule has 1 aromatic heterocycles. The number of hydrogen-bond donors (Lipinski definition) is 2. The summed E-state index contributed by atoms with van der Waals surface area (Å²) < 4.78 is 0. The van der Waals surface area contributed by atoms with Crippen LogP contribution in [0.3, 0.4) is 0 Å². The van der Waals surface area contributed by atoms with Gasteiger partial charge in [-0.3, -0.25) is 9.80 Å². The predicted molar refractivity (Wildman–Crippen MR) is 105 cm³/mol. The number of para-hydroxylation sites is 1. The fourth-order valence-electron chi connectivity index (χ4n) is 3.64. The van der Waals surface area contributed by atoms with Crippen LogP contribution in [-0.2, 0) is 6.54 Å². The number of anilines is 3. The number of halogens is 1. The van der Waals surface area contributed by atoms with Crippen molar-refractivity contribution in [2.24, 2.45) is 0 Å². The monoisotopic (exact) mass is 387 g/mol. The van der Waals surface area contributed by atoms with E-state index in [9.17, 15) is 9.90 Å². The number of carbonyl (C=O) groups excluding carboxylic acids is 1. The Morgan fingerprint density at radius 1 is 1.22 bits per heavy atom. The largest absolute Gasteiger partial charge is 0.393 e. The lowest BCUT2D eigenvalue weighted by Gasteiger charge is -2.34. The van der Waals surface area contributed by atoms with E-state index in [4.69, 9.17) is 11.6 Å². The zero-order chi connectivity index (χ0) is 19.0. The van der Waals surface area contributed by atoms with Crippen LogP contribution in [0.1, 0.15) is 31.2 Å². The molecule has 1 saturated carbocycles. The van der Waals surface area contributed by atoms with Crippen LogP contribution in [-0.4, -0.2) is 40.3 Å². The van der Waals surface area contributed by atoms with Crippen molar-refractivity contribution in [2.75, 3.05) is 22.2 Å². The second kappa shape index (κ2) is 7.32. The number of hydrogen-bond acceptors (Lipinski definition) is 5. The van der Waals surface area contributed by atoms with Crippen LogP contribution in [0, 0.1) is 0 Å². The Morgan fingerprint density at radius 2 is 1.96 bits per heavy atom. The van der Waals surface area contributed by atoms with E-state index in [0.29, 0.717) is 29.0 Å². The number of aliphatic hydroxyl groups is 1. The maximum absolute atomic E-state index is 12.9. The molecule has 27 heavy (non-hydrogen) atoms. The van der Waals surface area contributed by atoms with Crippen molar-refractivity contribution in [3.63, 3.8) is 0 Å². The molecule has 7 nitrogen and oxygen atoms in total. The molecule has 0 unspecified atom stereocenters. The molecule has 1 aromatic carbocycles. The van der Waals surface area contributed by atoms with Gasteiger partial charge < -0.3 is 10.4 Å². The van der Waals surface area contributed by atoms with E-state index in [-0.39, 0.29) is 18.2 Å². The van der Waals surface area contributed by atoms with Crippen molar-refractivity contribution in [2.45, 2.75) is 44.4 Å². The van der Waals surface area contributed by atoms with Gasteiger partial charge >= 0.3 is 6.03 Å². The third-order valence-electron chi connectivity index (χ3n) is 5.18. The maximum Gasteiger partial charge on any atom is 0.330 e. The van der Waals surface area contributed by atoms with Gasteiger partial charge in [0.2, 0.25) is 5.95 Å². The van der Waals surface area contributed by atoms with Crippen molar-refractivity contribution in [3.05, 3.63) is 41.0 Å². The summed E-state index contributed by atoms with van der Waals surface area (Å²) in [6.45, 7) is 0.373. The fourth-order valence-corrected chi connectivity index (χ4v) is 3.88. The van der Waals surface area contributed by atoms with Gasteiger partial charge in [0, 0.05) is 24.8 Å². The average molecular weight is 388 g/mol. The number of nitrogens with one attached hydrogen (secondary N) is 1. The molecule has 2 amide bonds. The highest BCUT2D eigenvalue weighted by atomic mass is 35.5. The number of rotatable bonds is 3. The van der Waals surface area contributed by atoms with Gasteiger partial charge in [-0.05, 0) is 37.8 Å². The average Bonchev–Trinajstić information content (AvgIpc) is 2.67. The number of urea groups is 1. The number of aromatic nitrogens is 2. The van der Waals surface area contributed by atoms with E-state index in [1.165, 1.54) is 4.90 Å². The highest BCUT2D eigenvalue weighted by Gasteiger charge is 2.31. The van der Waals surface area contributed by atoms with Gasteiger partial charge in [0.05, 0.1) is 23.4 Å². The van der Waals surface area contributed by atoms with Crippen LogP contribution in [0.25, 0.3) is 0 Å². The molecule has 2 heterocycles. The summed E-state index contributed by atoms with van der Waals surface area (Å²) in [6, 6.07) is 7.35. The third kappa shape index (κ3) is 3.57. The van der Waals surface area contributed by atoms with Crippen molar-refractivity contribution in [3.8, 4) is 0 Å². The molecule has 0 saturated heterocycles. The number of nitrogens with zero attached hydrogens (tertiary/aromatic N) is 4. The second-order valence-electron chi connectivity index (χ2n) is 7.07. The molecular formula is C19H22ClN5O2. The molecule has 1 aliphatic carbocycles. The molecule has 1 aliphatic heterocycles. The summed E-state index contributed by atoms with van der Waals surface area (Å²) in [5.41, 5.74) is 1.53. The Bertz CT molecular complexity index is 854. The first-order valence-corrected chi connectivity index (χ1v) is 9.51. The molecule has 0 atom stereocenters. The van der Waals surface area contributed by atoms with E-state index in [0.717, 1.165) is 31.2 Å².